The summed E-state index contributed by atoms with van der Waals surface area (Å²) >= 11 is 6.51. The first-order chi connectivity index (χ1) is 22.1. The second-order valence-electron chi connectivity index (χ2n) is 12.5. The number of nitrogens with zero attached hydrogens (tertiary/aromatic N) is 7. The number of aryl methyl sites for hydroxylation is 1. The Hall–Kier alpha value is -4.71. The number of aromatic nitrogens is 4. The van der Waals surface area contributed by atoms with Crippen molar-refractivity contribution in [2.24, 2.45) is 7.05 Å². The number of rotatable bonds is 6. The number of nitrogens with one attached hydrogen (secondary N) is 2. The predicted octanol–water partition coefficient (Wildman–Crippen LogP) is 4.29. The number of likely N-dealkylation sites (N-methyl/N-ethyl adjacent to an activating group) is 1. The summed E-state index contributed by atoms with van der Waals surface area (Å²) in [4.78, 5) is 51.9. The number of halogens is 1. The number of hydrogen-bond donors (Lipinski definition) is 2. The molecule has 3 atom stereocenters. The van der Waals surface area contributed by atoms with Crippen LogP contribution in [-0.2, 0) is 27.9 Å². The summed E-state index contributed by atoms with van der Waals surface area (Å²) < 4.78 is 1.82. The molecule has 2 fully saturated rings. The third kappa shape index (κ3) is 5.30. The Balaban J connectivity index is 1.05. The van der Waals surface area contributed by atoms with Crippen molar-refractivity contribution >= 4 is 69.1 Å². The molecule has 13 heteroatoms. The number of benzene rings is 2. The van der Waals surface area contributed by atoms with E-state index in [0.717, 1.165) is 52.9 Å². The predicted molar refractivity (Wildman–Crippen MR) is 178 cm³/mol. The topological polar surface area (TPSA) is 129 Å². The molecule has 4 aromatic rings. The van der Waals surface area contributed by atoms with E-state index in [4.69, 9.17) is 21.7 Å². The zero-order valence-electron chi connectivity index (χ0n) is 26.2. The number of fused-ring (bicyclic) bond motifs is 2. The summed E-state index contributed by atoms with van der Waals surface area (Å²) in [6.07, 6.45) is 4.62. The van der Waals surface area contributed by atoms with Crippen LogP contribution in [0.25, 0.3) is 10.9 Å². The van der Waals surface area contributed by atoms with Crippen LogP contribution in [0, 0.1) is 0 Å². The fourth-order valence-electron chi connectivity index (χ4n) is 6.98. The highest BCUT2D eigenvalue weighted by Crippen LogP contribution is 2.36. The lowest BCUT2D eigenvalue weighted by molar-refractivity contribution is -0.134. The van der Waals surface area contributed by atoms with Crippen molar-refractivity contribution in [1.82, 2.24) is 25.1 Å². The number of anilines is 5. The van der Waals surface area contributed by atoms with Crippen molar-refractivity contribution in [2.45, 2.75) is 57.0 Å². The third-order valence-electron chi connectivity index (χ3n) is 9.64. The molecule has 2 saturated heterocycles. The van der Waals surface area contributed by atoms with E-state index in [2.05, 4.69) is 51.5 Å². The smallest absolute Gasteiger partial charge is 0.235 e. The quantitative estimate of drug-likeness (QED) is 0.296. The van der Waals surface area contributed by atoms with Crippen molar-refractivity contribution < 1.29 is 14.4 Å². The number of carbonyl (C=O) groups excluding carboxylic acids is 3. The molecule has 2 unspecified atom stereocenters. The molecule has 0 spiro atoms. The lowest BCUT2D eigenvalue weighted by atomic mass is 9.92. The SMILES string of the molecule is C[C@@H]1CC(N(C)c2ccc3c(C4CCC(=O)NC4=O)nn(C)c3c2)CCN1c1ncc(Cl)c(Nc2ccc3c(c2)CC(=O)N3C)n1. The minimum atomic E-state index is -0.429. The Kier molecular flexibility index (Phi) is 7.54. The normalized spacial score (nSPS) is 21.5. The van der Waals surface area contributed by atoms with E-state index in [1.165, 1.54) is 0 Å². The second-order valence-corrected chi connectivity index (χ2v) is 12.9. The summed E-state index contributed by atoms with van der Waals surface area (Å²) in [7, 11) is 5.80. The van der Waals surface area contributed by atoms with E-state index in [0.29, 0.717) is 47.8 Å². The van der Waals surface area contributed by atoms with Crippen LogP contribution >= 0.6 is 11.6 Å². The summed E-state index contributed by atoms with van der Waals surface area (Å²) in [6, 6.07) is 12.6. The lowest BCUT2D eigenvalue weighted by Gasteiger charge is -2.42. The Morgan fingerprint density at radius 3 is 2.70 bits per heavy atom. The number of piperidine rings is 2. The molecule has 0 bridgehead atoms. The maximum absolute atomic E-state index is 12.5. The van der Waals surface area contributed by atoms with Gasteiger partial charge in [0, 0.05) is 68.6 Å². The number of carbonyl (C=O) groups is 3. The molecule has 2 aromatic heterocycles. The molecule has 2 aromatic carbocycles. The monoisotopic (exact) mass is 641 g/mol. The molecule has 2 N–H and O–H groups in total. The summed E-state index contributed by atoms with van der Waals surface area (Å²) in [5, 5.41) is 11.8. The highest BCUT2D eigenvalue weighted by molar-refractivity contribution is 6.33. The van der Waals surface area contributed by atoms with E-state index >= 15 is 0 Å². The molecule has 5 heterocycles. The number of imide groups is 1. The van der Waals surface area contributed by atoms with Gasteiger partial charge in [0.25, 0.3) is 0 Å². The number of amides is 3. The van der Waals surface area contributed by atoms with Crippen molar-refractivity contribution in [3.63, 3.8) is 0 Å². The largest absolute Gasteiger partial charge is 0.371 e. The van der Waals surface area contributed by atoms with Gasteiger partial charge in [0.2, 0.25) is 23.7 Å². The van der Waals surface area contributed by atoms with Crippen LogP contribution in [0.1, 0.15) is 49.8 Å². The van der Waals surface area contributed by atoms with Crippen LogP contribution in [0.2, 0.25) is 5.02 Å². The van der Waals surface area contributed by atoms with Gasteiger partial charge in [0.15, 0.2) is 5.82 Å². The Morgan fingerprint density at radius 2 is 1.91 bits per heavy atom. The lowest BCUT2D eigenvalue weighted by Crippen LogP contribution is -2.48. The first kappa shape index (κ1) is 30.0. The molecule has 3 amide bonds. The molecule has 7 rings (SSSR count). The van der Waals surface area contributed by atoms with Gasteiger partial charge in [0.05, 0.1) is 29.7 Å². The van der Waals surface area contributed by atoms with Gasteiger partial charge in [-0.25, -0.2) is 4.98 Å². The molecule has 3 aliphatic heterocycles. The van der Waals surface area contributed by atoms with E-state index in [-0.39, 0.29) is 23.8 Å². The molecular formula is C33H36ClN9O3. The van der Waals surface area contributed by atoms with E-state index in [1.807, 2.05) is 36.0 Å². The van der Waals surface area contributed by atoms with Gasteiger partial charge in [0.1, 0.15) is 5.02 Å². The summed E-state index contributed by atoms with van der Waals surface area (Å²) in [5.41, 5.74) is 5.45. The molecule has 46 heavy (non-hydrogen) atoms. The number of hydrogen-bond acceptors (Lipinski definition) is 9. The molecule has 0 aliphatic carbocycles. The average Bonchev–Trinajstić information content (AvgIpc) is 3.51. The van der Waals surface area contributed by atoms with Gasteiger partial charge in [-0.05, 0) is 68.1 Å². The highest BCUT2D eigenvalue weighted by Gasteiger charge is 2.33. The maximum Gasteiger partial charge on any atom is 0.235 e. The third-order valence-corrected chi connectivity index (χ3v) is 9.92. The van der Waals surface area contributed by atoms with Gasteiger partial charge in [-0.1, -0.05) is 11.6 Å². The molecule has 3 aliphatic rings. The van der Waals surface area contributed by atoms with Crippen LogP contribution < -0.4 is 25.3 Å². The molecule has 0 saturated carbocycles. The molecule has 238 valence electrons. The Labute approximate surface area is 271 Å². The fourth-order valence-corrected chi connectivity index (χ4v) is 7.12. The zero-order chi connectivity index (χ0) is 32.3. The van der Waals surface area contributed by atoms with Crippen molar-refractivity contribution in [2.75, 3.05) is 40.7 Å². The van der Waals surface area contributed by atoms with Crippen molar-refractivity contribution in [3.8, 4) is 0 Å². The first-order valence-corrected chi connectivity index (χ1v) is 15.9. The van der Waals surface area contributed by atoms with Gasteiger partial charge in [-0.2, -0.15) is 10.1 Å². The van der Waals surface area contributed by atoms with Gasteiger partial charge in [-0.15, -0.1) is 0 Å². The van der Waals surface area contributed by atoms with Crippen LogP contribution in [-0.4, -0.2) is 70.2 Å². The van der Waals surface area contributed by atoms with Crippen LogP contribution in [0.3, 0.4) is 0 Å². The van der Waals surface area contributed by atoms with Crippen LogP contribution in [0.4, 0.5) is 28.8 Å². The Bertz CT molecular complexity index is 1890. The second kappa shape index (κ2) is 11.6. The molecule has 0 radical (unpaired) electrons. The first-order valence-electron chi connectivity index (χ1n) is 15.6. The van der Waals surface area contributed by atoms with Crippen LogP contribution in [0.15, 0.2) is 42.6 Å². The molecular weight excluding hydrogens is 606 g/mol. The van der Waals surface area contributed by atoms with Crippen LogP contribution in [0.5, 0.6) is 0 Å². The fraction of sp³-hybridized carbons (Fsp3) is 0.394. The zero-order valence-corrected chi connectivity index (χ0v) is 27.0. The van der Waals surface area contributed by atoms with Crippen molar-refractivity contribution in [1.29, 1.82) is 0 Å². The minimum absolute atomic E-state index is 0.0778. The van der Waals surface area contributed by atoms with E-state index in [1.54, 1.807) is 18.1 Å². The maximum atomic E-state index is 12.5. The minimum Gasteiger partial charge on any atom is -0.371 e. The summed E-state index contributed by atoms with van der Waals surface area (Å²) in [5.74, 6) is 0.287. The van der Waals surface area contributed by atoms with E-state index < -0.39 is 5.92 Å². The molecule has 12 nitrogen and oxygen atoms in total. The average molecular weight is 642 g/mol. The summed E-state index contributed by atoms with van der Waals surface area (Å²) in [6.45, 7) is 2.97. The Morgan fingerprint density at radius 1 is 1.09 bits per heavy atom. The van der Waals surface area contributed by atoms with E-state index in [9.17, 15) is 14.4 Å². The van der Waals surface area contributed by atoms with Gasteiger partial charge in [-0.3, -0.25) is 24.4 Å². The van der Waals surface area contributed by atoms with Gasteiger partial charge < -0.3 is 20.0 Å². The standard InChI is InChI=1S/C33H36ClN9O3/c1-18-13-22(40(2)21-6-7-23-27(16-21)42(4)39-30(23)24-8-10-28(44)37-32(24)46)11-12-43(18)33-35-17-25(34)31(38-33)36-20-5-9-26-19(14-20)15-29(45)41(26)3/h5-7,9,14,16-18,22,24H,8,10-13,15H2,1-4H3,(H,35,36,38)(H,37,44,46)/t18-,22?,24?/m1/s1. The van der Waals surface area contributed by atoms with Crippen molar-refractivity contribution in [3.05, 3.63) is 58.9 Å². The highest BCUT2D eigenvalue weighted by atomic mass is 35.5. The van der Waals surface area contributed by atoms with Gasteiger partial charge >= 0.3 is 0 Å².